The number of rotatable bonds is 1. The number of aliphatic hydroxyl groups is 1. The smallest absolute Gasteiger partial charge is 0.264 e. The molecule has 0 aromatic heterocycles. The normalized spacial score (nSPS) is 17.8. The number of thiocarbonyl (C=S) groups is 2. The molecule has 1 fully saturated rings. The first kappa shape index (κ1) is 10.7. The Balaban J connectivity index is 2.22. The summed E-state index contributed by atoms with van der Waals surface area (Å²) in [4.78, 5) is 0. The maximum atomic E-state index is 8.71. The quantitative estimate of drug-likeness (QED) is 0.661. The monoisotopic (exact) mass is 219 g/mol. The molecule has 0 saturated heterocycles. The van der Waals surface area contributed by atoms with Crippen molar-refractivity contribution < 1.29 is 9.84 Å². The van der Waals surface area contributed by atoms with Crippen molar-refractivity contribution in [3.05, 3.63) is 0 Å². The zero-order chi connectivity index (χ0) is 9.68. The van der Waals surface area contributed by atoms with Crippen molar-refractivity contribution in [2.24, 2.45) is 0 Å². The Hall–Kier alpha value is -0.420. The van der Waals surface area contributed by atoms with E-state index in [2.05, 4.69) is 17.5 Å². The molecule has 1 rings (SSSR count). The van der Waals surface area contributed by atoms with Crippen molar-refractivity contribution in [3.63, 3.8) is 0 Å². The third-order valence-electron chi connectivity index (χ3n) is 2.03. The molecule has 0 aromatic carbocycles. The lowest BCUT2D eigenvalue weighted by Gasteiger charge is -2.22. The minimum atomic E-state index is -0.333. The summed E-state index contributed by atoms with van der Waals surface area (Å²) in [5.74, 6) is 0. The van der Waals surface area contributed by atoms with E-state index in [1.807, 2.05) is 0 Å². The number of hydrogen-bond acceptors (Lipinski definition) is 3. The summed E-state index contributed by atoms with van der Waals surface area (Å²) in [7, 11) is 0. The van der Waals surface area contributed by atoms with Crippen LogP contribution in [0, 0.1) is 0 Å². The van der Waals surface area contributed by atoms with Crippen LogP contribution in [0.15, 0.2) is 0 Å². The first-order valence-electron chi connectivity index (χ1n) is 4.39. The van der Waals surface area contributed by atoms with Gasteiger partial charge in [0.25, 0.3) is 10.3 Å². The predicted octanol–water partition coefficient (Wildman–Crippen LogP) is 2.05. The van der Waals surface area contributed by atoms with Crippen LogP contribution in [0.3, 0.4) is 0 Å². The molecule has 0 spiro atoms. The molecule has 5 heteroatoms. The SMILES string of the molecule is OC(=S)NC(=S)OC1CCCCC1. The standard InChI is InChI=1S/C8H13NO2S2/c10-7(12)9-8(13)11-6-4-2-1-3-5-6/h6H,1-5H2,(H2,9,10,12,13). The van der Waals surface area contributed by atoms with Crippen LogP contribution in [-0.4, -0.2) is 21.6 Å². The maximum Gasteiger partial charge on any atom is 0.264 e. The molecule has 13 heavy (non-hydrogen) atoms. The third-order valence-corrected chi connectivity index (χ3v) is 2.34. The zero-order valence-electron chi connectivity index (χ0n) is 7.28. The molecule has 1 aliphatic rings. The molecule has 0 unspecified atom stereocenters. The summed E-state index contributed by atoms with van der Waals surface area (Å²) in [5.41, 5.74) is 0. The van der Waals surface area contributed by atoms with E-state index in [0.29, 0.717) is 0 Å². The van der Waals surface area contributed by atoms with Gasteiger partial charge in [0.15, 0.2) is 0 Å². The number of aliphatic hydroxyl groups excluding tert-OH is 1. The van der Waals surface area contributed by atoms with E-state index in [1.54, 1.807) is 0 Å². The fourth-order valence-electron chi connectivity index (χ4n) is 1.45. The second-order valence-corrected chi connectivity index (χ2v) is 3.85. The third kappa shape index (κ3) is 4.38. The molecular formula is C8H13NO2S2. The molecule has 0 aliphatic heterocycles. The first-order valence-corrected chi connectivity index (χ1v) is 5.20. The molecule has 0 amide bonds. The Bertz CT molecular complexity index is 202. The van der Waals surface area contributed by atoms with Gasteiger partial charge in [-0.3, -0.25) is 5.32 Å². The fraction of sp³-hybridized carbons (Fsp3) is 0.750. The van der Waals surface area contributed by atoms with Crippen LogP contribution in [0.1, 0.15) is 32.1 Å². The van der Waals surface area contributed by atoms with E-state index in [4.69, 9.17) is 22.1 Å². The van der Waals surface area contributed by atoms with Crippen molar-refractivity contribution in [1.82, 2.24) is 5.32 Å². The van der Waals surface area contributed by atoms with Crippen LogP contribution in [0.25, 0.3) is 0 Å². The van der Waals surface area contributed by atoms with E-state index in [1.165, 1.54) is 19.3 Å². The number of hydrogen-bond donors (Lipinski definition) is 2. The number of ether oxygens (including phenoxy) is 1. The maximum absolute atomic E-state index is 8.71. The van der Waals surface area contributed by atoms with Gasteiger partial charge in [0.1, 0.15) is 6.10 Å². The van der Waals surface area contributed by atoms with Gasteiger partial charge in [0.05, 0.1) is 0 Å². The Morgan fingerprint density at radius 3 is 2.38 bits per heavy atom. The van der Waals surface area contributed by atoms with E-state index in [0.717, 1.165) is 12.8 Å². The van der Waals surface area contributed by atoms with Gasteiger partial charge < -0.3 is 9.84 Å². The highest BCUT2D eigenvalue weighted by molar-refractivity contribution is 7.81. The lowest BCUT2D eigenvalue weighted by molar-refractivity contribution is 0.142. The molecule has 0 heterocycles. The van der Waals surface area contributed by atoms with Gasteiger partial charge in [-0.15, -0.1) is 0 Å². The van der Waals surface area contributed by atoms with Crippen LogP contribution in [0.4, 0.5) is 0 Å². The molecule has 3 nitrogen and oxygen atoms in total. The average molecular weight is 219 g/mol. The second-order valence-electron chi connectivity index (χ2n) is 3.10. The molecule has 1 saturated carbocycles. The van der Waals surface area contributed by atoms with Crippen LogP contribution < -0.4 is 5.32 Å². The van der Waals surface area contributed by atoms with Gasteiger partial charge in [-0.1, -0.05) is 6.42 Å². The highest BCUT2D eigenvalue weighted by atomic mass is 32.1. The van der Waals surface area contributed by atoms with Gasteiger partial charge >= 0.3 is 0 Å². The van der Waals surface area contributed by atoms with E-state index in [9.17, 15) is 0 Å². The van der Waals surface area contributed by atoms with Crippen molar-refractivity contribution in [2.45, 2.75) is 38.2 Å². The first-order chi connectivity index (χ1) is 6.18. The van der Waals surface area contributed by atoms with Crippen LogP contribution in [0.2, 0.25) is 0 Å². The minimum Gasteiger partial charge on any atom is -0.486 e. The van der Waals surface area contributed by atoms with Gasteiger partial charge in [-0.25, -0.2) is 0 Å². The second kappa shape index (κ2) is 5.34. The molecule has 1 aliphatic carbocycles. The van der Waals surface area contributed by atoms with Gasteiger partial charge in [-0.05, 0) is 50.1 Å². The van der Waals surface area contributed by atoms with Gasteiger partial charge in [0.2, 0.25) is 0 Å². The summed E-state index contributed by atoms with van der Waals surface area (Å²) < 4.78 is 5.37. The van der Waals surface area contributed by atoms with E-state index < -0.39 is 0 Å². The largest absolute Gasteiger partial charge is 0.486 e. The van der Waals surface area contributed by atoms with Crippen molar-refractivity contribution in [1.29, 1.82) is 0 Å². The van der Waals surface area contributed by atoms with E-state index >= 15 is 0 Å². The van der Waals surface area contributed by atoms with Gasteiger partial charge in [-0.2, -0.15) is 0 Å². The number of nitrogens with one attached hydrogen (secondary N) is 1. The zero-order valence-corrected chi connectivity index (χ0v) is 8.92. The summed E-state index contributed by atoms with van der Waals surface area (Å²) in [6.45, 7) is 0. The topological polar surface area (TPSA) is 41.5 Å². The molecular weight excluding hydrogens is 206 g/mol. The minimum absolute atomic E-state index is 0.180. The Morgan fingerprint density at radius 2 is 1.85 bits per heavy atom. The van der Waals surface area contributed by atoms with Crippen molar-refractivity contribution >= 4 is 34.8 Å². The Labute approximate surface area is 88.5 Å². The molecule has 74 valence electrons. The average Bonchev–Trinajstić information content (AvgIpc) is 2.04. The molecule has 2 N–H and O–H groups in total. The van der Waals surface area contributed by atoms with Crippen LogP contribution >= 0.6 is 24.4 Å². The molecule has 0 atom stereocenters. The van der Waals surface area contributed by atoms with E-state index in [-0.39, 0.29) is 16.5 Å². The highest BCUT2D eigenvalue weighted by Gasteiger charge is 2.15. The Kier molecular flexibility index (Phi) is 4.38. The van der Waals surface area contributed by atoms with Crippen molar-refractivity contribution in [3.8, 4) is 0 Å². The summed E-state index contributed by atoms with van der Waals surface area (Å²) in [6, 6.07) is 0. The molecule has 0 aromatic rings. The lowest BCUT2D eigenvalue weighted by atomic mass is 9.98. The van der Waals surface area contributed by atoms with Crippen molar-refractivity contribution in [2.75, 3.05) is 0 Å². The van der Waals surface area contributed by atoms with Crippen LogP contribution in [0.5, 0.6) is 0 Å². The molecule has 0 radical (unpaired) electrons. The van der Waals surface area contributed by atoms with Crippen LogP contribution in [-0.2, 0) is 4.74 Å². The fourth-order valence-corrected chi connectivity index (χ4v) is 1.84. The summed E-state index contributed by atoms with van der Waals surface area (Å²) in [5, 5.41) is 10.9. The summed E-state index contributed by atoms with van der Waals surface area (Å²) in [6.07, 6.45) is 5.94. The Morgan fingerprint density at radius 1 is 1.23 bits per heavy atom. The summed E-state index contributed by atoms with van der Waals surface area (Å²) >= 11 is 9.25. The lowest BCUT2D eigenvalue weighted by Crippen LogP contribution is -2.33. The highest BCUT2D eigenvalue weighted by Crippen LogP contribution is 2.20. The van der Waals surface area contributed by atoms with Gasteiger partial charge in [0, 0.05) is 0 Å². The predicted molar refractivity (Wildman–Crippen MR) is 58.9 cm³/mol. The molecule has 0 bridgehead atoms.